The lowest BCUT2D eigenvalue weighted by atomic mass is 10.2. The first kappa shape index (κ1) is 21.2. The number of halogens is 2. The highest BCUT2D eigenvalue weighted by Gasteiger charge is 2.11. The molecule has 2 aromatic carbocycles. The van der Waals surface area contributed by atoms with Crippen LogP contribution in [-0.4, -0.2) is 23.6 Å². The number of hydrogen-bond acceptors (Lipinski definition) is 4. The third-order valence-corrected chi connectivity index (χ3v) is 4.24. The summed E-state index contributed by atoms with van der Waals surface area (Å²) in [7, 11) is 0. The summed E-state index contributed by atoms with van der Waals surface area (Å²) in [4.78, 5) is 23.6. The molecule has 0 unspecified atom stereocenters. The van der Waals surface area contributed by atoms with E-state index in [4.69, 9.17) is 40.2 Å². The first-order valence-electron chi connectivity index (χ1n) is 8.19. The number of carbonyl (C=O) groups excluding carboxylic acids is 2. The first-order chi connectivity index (χ1) is 12.9. The van der Waals surface area contributed by atoms with Gasteiger partial charge in [-0.25, -0.2) is 0 Å². The number of benzene rings is 2. The number of rotatable bonds is 7. The van der Waals surface area contributed by atoms with Gasteiger partial charge in [0.2, 0.25) is 5.91 Å². The van der Waals surface area contributed by atoms with Crippen molar-refractivity contribution >= 4 is 58.1 Å². The second kappa shape index (κ2) is 10.9. The van der Waals surface area contributed by atoms with Crippen LogP contribution in [0.4, 0.5) is 5.69 Å². The van der Waals surface area contributed by atoms with Crippen LogP contribution in [0.1, 0.15) is 18.4 Å². The maximum Gasteiger partial charge on any atom is 0.306 e. The Morgan fingerprint density at radius 1 is 1.04 bits per heavy atom. The van der Waals surface area contributed by atoms with Crippen molar-refractivity contribution in [1.82, 2.24) is 5.32 Å². The minimum atomic E-state index is -0.430. The molecule has 2 aromatic rings. The smallest absolute Gasteiger partial charge is 0.306 e. The van der Waals surface area contributed by atoms with Crippen LogP contribution in [0.5, 0.6) is 0 Å². The van der Waals surface area contributed by atoms with Gasteiger partial charge in [0.25, 0.3) is 0 Å². The molecule has 0 atom stereocenters. The Morgan fingerprint density at radius 2 is 1.78 bits per heavy atom. The Hall–Kier alpha value is -2.15. The van der Waals surface area contributed by atoms with Gasteiger partial charge in [-0.15, -0.1) is 0 Å². The summed E-state index contributed by atoms with van der Waals surface area (Å²) in [6.45, 7) is 0.277. The van der Waals surface area contributed by atoms with Gasteiger partial charge >= 0.3 is 5.97 Å². The van der Waals surface area contributed by atoms with E-state index in [1.165, 1.54) is 0 Å². The van der Waals surface area contributed by atoms with Crippen LogP contribution in [0.2, 0.25) is 10.0 Å². The summed E-state index contributed by atoms with van der Waals surface area (Å²) >= 11 is 16.9. The molecule has 2 rings (SSSR count). The Bertz CT molecular complexity index is 816. The summed E-state index contributed by atoms with van der Waals surface area (Å²) in [5.41, 5.74) is 1.60. The molecule has 0 saturated heterocycles. The summed E-state index contributed by atoms with van der Waals surface area (Å²) in [6.07, 6.45) is 0.583. The van der Waals surface area contributed by atoms with Crippen molar-refractivity contribution in [2.24, 2.45) is 0 Å². The molecule has 2 N–H and O–H groups in total. The summed E-state index contributed by atoms with van der Waals surface area (Å²) < 4.78 is 5.13. The van der Waals surface area contributed by atoms with Crippen molar-refractivity contribution in [3.8, 4) is 0 Å². The Kier molecular flexibility index (Phi) is 8.51. The monoisotopic (exact) mass is 424 g/mol. The Labute approximate surface area is 173 Å². The van der Waals surface area contributed by atoms with E-state index in [0.29, 0.717) is 22.2 Å². The molecule has 5 nitrogen and oxygen atoms in total. The fourth-order valence-electron chi connectivity index (χ4n) is 2.15. The summed E-state index contributed by atoms with van der Waals surface area (Å²) in [5.74, 6) is -0.821. The average Bonchev–Trinajstić information content (AvgIpc) is 2.63. The fourth-order valence-corrected chi connectivity index (χ4v) is 2.83. The predicted molar refractivity (Wildman–Crippen MR) is 111 cm³/mol. The third-order valence-electron chi connectivity index (χ3n) is 3.49. The molecule has 0 aliphatic rings. The van der Waals surface area contributed by atoms with Gasteiger partial charge in [0.05, 0.1) is 23.7 Å². The van der Waals surface area contributed by atoms with Crippen LogP contribution < -0.4 is 10.6 Å². The largest absolute Gasteiger partial charge is 0.465 e. The quantitative estimate of drug-likeness (QED) is 0.509. The van der Waals surface area contributed by atoms with Crippen molar-refractivity contribution in [3.05, 3.63) is 64.1 Å². The van der Waals surface area contributed by atoms with Gasteiger partial charge in [-0.3, -0.25) is 9.59 Å². The molecule has 0 aliphatic carbocycles. The first-order valence-corrected chi connectivity index (χ1v) is 9.36. The molecule has 8 heteroatoms. The molecule has 0 spiro atoms. The molecule has 1 amide bonds. The number of anilines is 1. The normalized spacial score (nSPS) is 10.1. The fraction of sp³-hybridized carbons (Fsp3) is 0.211. The van der Waals surface area contributed by atoms with Gasteiger partial charge in [0.1, 0.15) is 0 Å². The van der Waals surface area contributed by atoms with Crippen molar-refractivity contribution in [2.75, 3.05) is 11.9 Å². The minimum Gasteiger partial charge on any atom is -0.465 e. The van der Waals surface area contributed by atoms with Crippen LogP contribution in [0.25, 0.3) is 0 Å². The van der Waals surface area contributed by atoms with E-state index in [1.807, 2.05) is 30.3 Å². The lowest BCUT2D eigenvalue weighted by Crippen LogP contribution is -2.34. The molecular weight excluding hydrogens is 407 g/mol. The molecule has 0 saturated carbocycles. The third kappa shape index (κ3) is 7.95. The lowest BCUT2D eigenvalue weighted by Gasteiger charge is -2.11. The number of nitrogens with one attached hydrogen (secondary N) is 2. The molecule has 0 radical (unpaired) electrons. The highest BCUT2D eigenvalue weighted by Crippen LogP contribution is 2.25. The number of thiocarbonyl (C=S) groups is 1. The van der Waals surface area contributed by atoms with E-state index in [9.17, 15) is 9.59 Å². The number of ether oxygens (including phenoxy) is 1. The maximum atomic E-state index is 11.9. The van der Waals surface area contributed by atoms with Crippen LogP contribution in [0, 0.1) is 0 Å². The van der Waals surface area contributed by atoms with Crippen molar-refractivity contribution in [2.45, 2.75) is 19.3 Å². The van der Waals surface area contributed by atoms with E-state index in [0.717, 1.165) is 5.56 Å². The SMILES string of the molecule is O=C(CCC(=O)OCCc1ccccc1)NC(=S)Nc1ccc(Cl)cc1Cl. The molecule has 0 heterocycles. The predicted octanol–water partition coefficient (Wildman–Crippen LogP) is 4.37. The van der Waals surface area contributed by atoms with Gasteiger partial charge in [0.15, 0.2) is 5.11 Å². The summed E-state index contributed by atoms with van der Waals surface area (Å²) in [5, 5.41) is 6.24. The van der Waals surface area contributed by atoms with E-state index in [2.05, 4.69) is 10.6 Å². The lowest BCUT2D eigenvalue weighted by molar-refractivity contribution is -0.144. The van der Waals surface area contributed by atoms with Gasteiger partial charge in [-0.05, 0) is 36.0 Å². The number of amides is 1. The van der Waals surface area contributed by atoms with E-state index < -0.39 is 11.9 Å². The summed E-state index contributed by atoms with van der Waals surface area (Å²) in [6, 6.07) is 14.5. The maximum absolute atomic E-state index is 11.9. The number of hydrogen-bond donors (Lipinski definition) is 2. The molecule has 0 fully saturated rings. The number of carbonyl (C=O) groups is 2. The van der Waals surface area contributed by atoms with Gasteiger partial charge in [-0.1, -0.05) is 53.5 Å². The van der Waals surface area contributed by atoms with Crippen LogP contribution in [0.3, 0.4) is 0 Å². The second-order valence-corrected chi connectivity index (χ2v) is 6.83. The van der Waals surface area contributed by atoms with E-state index in [1.54, 1.807) is 18.2 Å². The zero-order chi connectivity index (χ0) is 19.6. The van der Waals surface area contributed by atoms with E-state index in [-0.39, 0.29) is 24.6 Å². The van der Waals surface area contributed by atoms with Crippen LogP contribution >= 0.6 is 35.4 Å². The zero-order valence-electron chi connectivity index (χ0n) is 14.3. The van der Waals surface area contributed by atoms with Crippen molar-refractivity contribution < 1.29 is 14.3 Å². The van der Waals surface area contributed by atoms with Crippen LogP contribution in [0.15, 0.2) is 48.5 Å². The molecular formula is C19H18Cl2N2O3S. The zero-order valence-corrected chi connectivity index (χ0v) is 16.7. The average molecular weight is 425 g/mol. The second-order valence-electron chi connectivity index (χ2n) is 5.58. The van der Waals surface area contributed by atoms with Crippen molar-refractivity contribution in [3.63, 3.8) is 0 Å². The van der Waals surface area contributed by atoms with Gasteiger partial charge in [0, 0.05) is 17.9 Å². The molecule has 0 aliphatic heterocycles. The molecule has 27 heavy (non-hydrogen) atoms. The highest BCUT2D eigenvalue weighted by atomic mass is 35.5. The Morgan fingerprint density at radius 3 is 2.48 bits per heavy atom. The number of esters is 1. The molecule has 0 bridgehead atoms. The molecule has 0 aromatic heterocycles. The van der Waals surface area contributed by atoms with Crippen LogP contribution in [-0.2, 0) is 20.7 Å². The minimum absolute atomic E-state index is 0.0229. The highest BCUT2D eigenvalue weighted by molar-refractivity contribution is 7.80. The van der Waals surface area contributed by atoms with Crippen molar-refractivity contribution in [1.29, 1.82) is 0 Å². The van der Waals surface area contributed by atoms with Gasteiger partial charge in [-0.2, -0.15) is 0 Å². The standard InChI is InChI=1S/C19H18Cl2N2O3S/c20-14-6-7-16(15(21)12-14)22-19(27)23-17(24)8-9-18(25)26-11-10-13-4-2-1-3-5-13/h1-7,12H,8-11H2,(H2,22,23,24,27). The van der Waals surface area contributed by atoms with E-state index >= 15 is 0 Å². The van der Waals surface area contributed by atoms with Gasteiger partial charge < -0.3 is 15.4 Å². The molecule has 142 valence electrons. The Balaban J connectivity index is 1.66. The topological polar surface area (TPSA) is 67.4 Å².